The van der Waals surface area contributed by atoms with Crippen molar-refractivity contribution < 1.29 is 17.9 Å². The minimum atomic E-state index is -4.04. The molecule has 3 rings (SSSR count). The summed E-state index contributed by atoms with van der Waals surface area (Å²) >= 11 is 0. The maximum Gasteiger partial charge on any atom is 0.273 e. The van der Waals surface area contributed by atoms with Gasteiger partial charge in [0, 0.05) is 7.05 Å². The quantitative estimate of drug-likeness (QED) is 0.580. The summed E-state index contributed by atoms with van der Waals surface area (Å²) in [5, 5.41) is 6.93. The Morgan fingerprint density at radius 2 is 1.87 bits per heavy atom. The van der Waals surface area contributed by atoms with Crippen molar-refractivity contribution in [1.82, 2.24) is 14.8 Å². The van der Waals surface area contributed by atoms with Gasteiger partial charge < -0.3 is 10.1 Å². The van der Waals surface area contributed by atoms with E-state index in [0.717, 1.165) is 16.8 Å². The maximum absolute atomic E-state index is 13.1. The van der Waals surface area contributed by atoms with E-state index in [1.54, 1.807) is 13.1 Å². The van der Waals surface area contributed by atoms with Crippen molar-refractivity contribution in [2.24, 2.45) is 7.05 Å². The molecule has 0 saturated heterocycles. The standard InChI is InChI=1S/C21H25N5O4S/c1-6-15-10-17(26(4)24-15)20(27)23-16-11-18(21(30-5)22-12-16)31(28,29)25-19-13(2)8-7-9-14(19)3/h7-12,25H,6H2,1-5H3,(H,23,27). The number of benzene rings is 1. The van der Waals surface area contributed by atoms with Crippen LogP contribution < -0.4 is 14.8 Å². The zero-order valence-corrected chi connectivity index (χ0v) is 18.9. The Labute approximate surface area is 181 Å². The van der Waals surface area contributed by atoms with E-state index >= 15 is 0 Å². The molecule has 0 bridgehead atoms. The molecule has 0 aliphatic rings. The predicted octanol–water partition coefficient (Wildman–Crippen LogP) is 3.06. The topological polar surface area (TPSA) is 115 Å². The van der Waals surface area contributed by atoms with E-state index < -0.39 is 15.9 Å². The number of aryl methyl sites for hydroxylation is 4. The van der Waals surface area contributed by atoms with E-state index in [0.29, 0.717) is 17.8 Å². The van der Waals surface area contributed by atoms with Crippen LogP contribution in [0.1, 0.15) is 34.2 Å². The van der Waals surface area contributed by atoms with Gasteiger partial charge in [-0.2, -0.15) is 5.10 Å². The third kappa shape index (κ3) is 4.69. The lowest BCUT2D eigenvalue weighted by Crippen LogP contribution is -2.19. The zero-order chi connectivity index (χ0) is 22.8. The fraction of sp³-hybridized carbons (Fsp3) is 0.286. The fourth-order valence-electron chi connectivity index (χ4n) is 3.12. The summed E-state index contributed by atoms with van der Waals surface area (Å²) in [5.41, 5.74) is 3.39. The number of carbonyl (C=O) groups is 1. The number of methoxy groups -OCH3 is 1. The molecule has 1 aromatic carbocycles. The number of aromatic nitrogens is 3. The van der Waals surface area contributed by atoms with Crippen LogP contribution in [0.15, 0.2) is 41.4 Å². The minimum Gasteiger partial charge on any atom is -0.480 e. The molecule has 2 aromatic heterocycles. The lowest BCUT2D eigenvalue weighted by molar-refractivity contribution is 0.101. The van der Waals surface area contributed by atoms with Crippen molar-refractivity contribution in [3.05, 3.63) is 59.0 Å². The van der Waals surface area contributed by atoms with Gasteiger partial charge in [0.25, 0.3) is 15.9 Å². The maximum atomic E-state index is 13.1. The largest absolute Gasteiger partial charge is 0.480 e. The first-order valence-electron chi connectivity index (χ1n) is 9.63. The van der Waals surface area contributed by atoms with E-state index in [1.165, 1.54) is 24.1 Å². The molecule has 9 nitrogen and oxygen atoms in total. The van der Waals surface area contributed by atoms with Gasteiger partial charge >= 0.3 is 0 Å². The number of nitrogens with one attached hydrogen (secondary N) is 2. The highest BCUT2D eigenvalue weighted by Gasteiger charge is 2.24. The first-order chi connectivity index (χ1) is 14.7. The Bertz CT molecular complexity index is 1210. The molecule has 2 heterocycles. The van der Waals surface area contributed by atoms with Gasteiger partial charge in [0.15, 0.2) is 4.90 Å². The number of hydrogen-bond donors (Lipinski definition) is 2. The van der Waals surface area contributed by atoms with E-state index in [4.69, 9.17) is 4.74 Å². The highest BCUT2D eigenvalue weighted by Crippen LogP contribution is 2.29. The van der Waals surface area contributed by atoms with Gasteiger partial charge in [-0.05, 0) is 43.5 Å². The van der Waals surface area contributed by atoms with Crippen LogP contribution in [0.4, 0.5) is 11.4 Å². The van der Waals surface area contributed by atoms with Crippen molar-refractivity contribution in [3.63, 3.8) is 0 Å². The van der Waals surface area contributed by atoms with Crippen LogP contribution in [0.5, 0.6) is 5.88 Å². The summed E-state index contributed by atoms with van der Waals surface area (Å²) in [5.74, 6) is -0.502. The van der Waals surface area contributed by atoms with Crippen LogP contribution in [-0.2, 0) is 23.5 Å². The molecule has 10 heteroatoms. The third-order valence-corrected chi connectivity index (χ3v) is 6.15. The summed E-state index contributed by atoms with van der Waals surface area (Å²) in [7, 11) is -1.03. The summed E-state index contributed by atoms with van der Waals surface area (Å²) < 4.78 is 35.5. The van der Waals surface area contributed by atoms with E-state index in [2.05, 4.69) is 20.1 Å². The Hall–Kier alpha value is -3.40. The van der Waals surface area contributed by atoms with Crippen LogP contribution >= 0.6 is 0 Å². The molecule has 3 aromatic rings. The normalized spacial score (nSPS) is 11.3. The molecular formula is C21H25N5O4S. The Morgan fingerprint density at radius 1 is 1.19 bits per heavy atom. The second kappa shape index (κ2) is 8.76. The number of anilines is 2. The van der Waals surface area contributed by atoms with Gasteiger partial charge in [-0.15, -0.1) is 0 Å². The molecule has 2 N–H and O–H groups in total. The van der Waals surface area contributed by atoms with Crippen LogP contribution in [0.3, 0.4) is 0 Å². The number of hydrogen-bond acceptors (Lipinski definition) is 6. The molecule has 0 spiro atoms. The van der Waals surface area contributed by atoms with Crippen molar-refractivity contribution >= 4 is 27.3 Å². The molecule has 164 valence electrons. The number of sulfonamides is 1. The molecule has 1 amide bonds. The van der Waals surface area contributed by atoms with Crippen molar-refractivity contribution in [2.75, 3.05) is 17.1 Å². The Kier molecular flexibility index (Phi) is 6.30. The fourth-order valence-corrected chi connectivity index (χ4v) is 4.47. The average Bonchev–Trinajstić information content (AvgIpc) is 3.12. The summed E-state index contributed by atoms with van der Waals surface area (Å²) in [6.45, 7) is 5.57. The number of rotatable bonds is 7. The highest BCUT2D eigenvalue weighted by molar-refractivity contribution is 7.92. The molecule has 0 fully saturated rings. The van der Waals surface area contributed by atoms with Gasteiger partial charge in [-0.25, -0.2) is 13.4 Å². The minimum absolute atomic E-state index is 0.0782. The van der Waals surface area contributed by atoms with Crippen molar-refractivity contribution in [2.45, 2.75) is 32.1 Å². The lowest BCUT2D eigenvalue weighted by Gasteiger charge is -2.15. The first-order valence-corrected chi connectivity index (χ1v) is 11.1. The van der Waals surface area contributed by atoms with E-state index in [9.17, 15) is 13.2 Å². The summed E-state index contributed by atoms with van der Waals surface area (Å²) in [4.78, 5) is 16.5. The SMILES string of the molecule is CCc1cc(C(=O)Nc2cnc(OC)c(S(=O)(=O)Nc3c(C)cccc3C)c2)n(C)n1. The highest BCUT2D eigenvalue weighted by atomic mass is 32.2. The van der Waals surface area contributed by atoms with E-state index in [1.807, 2.05) is 39.0 Å². The molecule has 0 unspecified atom stereocenters. The second-order valence-electron chi connectivity index (χ2n) is 7.06. The van der Waals surface area contributed by atoms with Crippen LogP contribution in [-0.4, -0.2) is 36.2 Å². The summed E-state index contributed by atoms with van der Waals surface area (Å²) in [6.07, 6.45) is 2.03. The van der Waals surface area contributed by atoms with Gasteiger partial charge in [-0.3, -0.25) is 14.2 Å². The summed E-state index contributed by atoms with van der Waals surface area (Å²) in [6, 6.07) is 8.48. The van der Waals surface area contributed by atoms with Crippen LogP contribution in [0.2, 0.25) is 0 Å². The van der Waals surface area contributed by atoms with Crippen LogP contribution in [0, 0.1) is 13.8 Å². The first kappa shape index (κ1) is 22.3. The van der Waals surface area contributed by atoms with E-state index in [-0.39, 0.29) is 16.5 Å². The second-order valence-corrected chi connectivity index (χ2v) is 8.71. The lowest BCUT2D eigenvalue weighted by atomic mass is 10.1. The zero-order valence-electron chi connectivity index (χ0n) is 18.1. The van der Waals surface area contributed by atoms with Gasteiger partial charge in [-0.1, -0.05) is 25.1 Å². The van der Waals surface area contributed by atoms with Gasteiger partial charge in [0.1, 0.15) is 5.69 Å². The third-order valence-electron chi connectivity index (χ3n) is 4.80. The van der Waals surface area contributed by atoms with Crippen molar-refractivity contribution in [3.8, 4) is 5.88 Å². The number of carbonyl (C=O) groups excluding carboxylic acids is 1. The van der Waals surface area contributed by atoms with Gasteiger partial charge in [0.2, 0.25) is 5.88 Å². The molecule has 31 heavy (non-hydrogen) atoms. The number of pyridine rings is 1. The monoisotopic (exact) mass is 443 g/mol. The van der Waals surface area contributed by atoms with Gasteiger partial charge in [0.05, 0.1) is 30.4 Å². The van der Waals surface area contributed by atoms with Crippen molar-refractivity contribution in [1.29, 1.82) is 0 Å². The Morgan fingerprint density at radius 3 is 2.45 bits per heavy atom. The van der Waals surface area contributed by atoms with Crippen LogP contribution in [0.25, 0.3) is 0 Å². The molecule has 0 atom stereocenters. The number of nitrogens with zero attached hydrogens (tertiary/aromatic N) is 3. The number of para-hydroxylation sites is 1. The Balaban J connectivity index is 1.94. The molecule has 0 saturated carbocycles. The smallest absolute Gasteiger partial charge is 0.273 e. The average molecular weight is 444 g/mol. The molecular weight excluding hydrogens is 418 g/mol. The predicted molar refractivity (Wildman–Crippen MR) is 118 cm³/mol. The molecule has 0 aliphatic heterocycles. The number of ether oxygens (including phenoxy) is 1. The number of amides is 1. The molecule has 0 aliphatic carbocycles. The molecule has 0 radical (unpaired) electrons.